The largest absolute Gasteiger partial charge is 0.340 e. The molecule has 0 fully saturated rings. The maximum Gasteiger partial charge on any atom is 0.134 e. The lowest BCUT2D eigenvalue weighted by Gasteiger charge is -2.09. The Labute approximate surface area is 111 Å². The number of halogens is 1. The summed E-state index contributed by atoms with van der Waals surface area (Å²) in [7, 11) is 0. The number of rotatable bonds is 4. The van der Waals surface area contributed by atoms with Crippen LogP contribution in [0.3, 0.4) is 0 Å². The van der Waals surface area contributed by atoms with Crippen LogP contribution in [0.5, 0.6) is 0 Å². The number of hydrogen-bond donors (Lipinski definition) is 2. The average molecular weight is 263 g/mol. The SMILES string of the molecule is Cc1cc(Cl)ccc1Nc1ccnc(CCN)n1. The summed E-state index contributed by atoms with van der Waals surface area (Å²) in [4.78, 5) is 8.54. The minimum atomic E-state index is 0.545. The fraction of sp³-hybridized carbons (Fsp3) is 0.231. The highest BCUT2D eigenvalue weighted by Crippen LogP contribution is 2.22. The summed E-state index contributed by atoms with van der Waals surface area (Å²) in [6.07, 6.45) is 2.40. The third-order valence-electron chi connectivity index (χ3n) is 2.52. The van der Waals surface area contributed by atoms with Crippen molar-refractivity contribution >= 4 is 23.1 Å². The molecule has 4 nitrogen and oxygen atoms in total. The lowest BCUT2D eigenvalue weighted by molar-refractivity contribution is 0.869. The fourth-order valence-electron chi connectivity index (χ4n) is 1.62. The number of benzene rings is 1. The summed E-state index contributed by atoms with van der Waals surface area (Å²) >= 11 is 5.92. The number of nitrogens with zero attached hydrogens (tertiary/aromatic N) is 2. The van der Waals surface area contributed by atoms with Gasteiger partial charge in [-0.15, -0.1) is 0 Å². The predicted molar refractivity (Wildman–Crippen MR) is 74.3 cm³/mol. The van der Waals surface area contributed by atoms with Crippen LogP contribution in [0.15, 0.2) is 30.5 Å². The van der Waals surface area contributed by atoms with E-state index < -0.39 is 0 Å². The quantitative estimate of drug-likeness (QED) is 0.889. The third kappa shape index (κ3) is 3.18. The lowest BCUT2D eigenvalue weighted by atomic mass is 10.2. The monoisotopic (exact) mass is 262 g/mol. The van der Waals surface area contributed by atoms with Crippen molar-refractivity contribution < 1.29 is 0 Å². The van der Waals surface area contributed by atoms with Crippen LogP contribution in [0, 0.1) is 6.92 Å². The number of nitrogens with one attached hydrogen (secondary N) is 1. The molecule has 3 N–H and O–H groups in total. The zero-order valence-electron chi connectivity index (χ0n) is 10.2. The van der Waals surface area contributed by atoms with Crippen molar-refractivity contribution in [1.29, 1.82) is 0 Å². The zero-order chi connectivity index (χ0) is 13.0. The van der Waals surface area contributed by atoms with Crippen molar-refractivity contribution in [2.45, 2.75) is 13.3 Å². The van der Waals surface area contributed by atoms with E-state index in [1.807, 2.05) is 31.2 Å². The number of nitrogens with two attached hydrogens (primary N) is 1. The molecular weight excluding hydrogens is 248 g/mol. The Balaban J connectivity index is 2.20. The van der Waals surface area contributed by atoms with Crippen molar-refractivity contribution in [2.75, 3.05) is 11.9 Å². The van der Waals surface area contributed by atoms with E-state index in [4.69, 9.17) is 17.3 Å². The Hall–Kier alpha value is -1.65. The highest BCUT2D eigenvalue weighted by Gasteiger charge is 2.02. The van der Waals surface area contributed by atoms with E-state index in [1.54, 1.807) is 6.20 Å². The van der Waals surface area contributed by atoms with Gasteiger partial charge in [0, 0.05) is 23.3 Å². The maximum atomic E-state index is 5.92. The van der Waals surface area contributed by atoms with Gasteiger partial charge in [0.15, 0.2) is 0 Å². The Morgan fingerprint density at radius 1 is 1.33 bits per heavy atom. The molecule has 0 atom stereocenters. The number of hydrogen-bond acceptors (Lipinski definition) is 4. The van der Waals surface area contributed by atoms with Gasteiger partial charge in [-0.25, -0.2) is 9.97 Å². The van der Waals surface area contributed by atoms with E-state index >= 15 is 0 Å². The molecule has 0 saturated heterocycles. The average Bonchev–Trinajstić information content (AvgIpc) is 2.34. The van der Waals surface area contributed by atoms with Crippen molar-refractivity contribution in [2.24, 2.45) is 5.73 Å². The van der Waals surface area contributed by atoms with Crippen LogP contribution in [-0.4, -0.2) is 16.5 Å². The molecule has 0 aliphatic heterocycles. The van der Waals surface area contributed by atoms with Gasteiger partial charge in [0.2, 0.25) is 0 Å². The van der Waals surface area contributed by atoms with Gasteiger partial charge in [0.1, 0.15) is 11.6 Å². The first kappa shape index (κ1) is 12.8. The van der Waals surface area contributed by atoms with E-state index in [1.165, 1.54) is 0 Å². The van der Waals surface area contributed by atoms with Crippen molar-refractivity contribution in [3.8, 4) is 0 Å². The molecule has 0 bridgehead atoms. The molecule has 94 valence electrons. The number of aromatic nitrogens is 2. The van der Waals surface area contributed by atoms with Crippen molar-refractivity contribution in [3.05, 3.63) is 46.9 Å². The van der Waals surface area contributed by atoms with E-state index in [-0.39, 0.29) is 0 Å². The van der Waals surface area contributed by atoms with E-state index in [9.17, 15) is 0 Å². The molecule has 0 radical (unpaired) electrons. The second-order valence-corrected chi connectivity index (χ2v) is 4.42. The van der Waals surface area contributed by atoms with Crippen molar-refractivity contribution in [1.82, 2.24) is 9.97 Å². The zero-order valence-corrected chi connectivity index (χ0v) is 10.9. The van der Waals surface area contributed by atoms with Gasteiger partial charge >= 0.3 is 0 Å². The molecule has 0 spiro atoms. The molecule has 1 heterocycles. The van der Waals surface area contributed by atoms with Crippen LogP contribution in [0.25, 0.3) is 0 Å². The van der Waals surface area contributed by atoms with Crippen LogP contribution in [0.4, 0.5) is 11.5 Å². The van der Waals surface area contributed by atoms with Crippen LogP contribution >= 0.6 is 11.6 Å². The van der Waals surface area contributed by atoms with Crippen molar-refractivity contribution in [3.63, 3.8) is 0 Å². The molecule has 1 aromatic heterocycles. The van der Waals surface area contributed by atoms with Crippen LogP contribution in [0.1, 0.15) is 11.4 Å². The molecular formula is C13H15ClN4. The minimum Gasteiger partial charge on any atom is -0.340 e. The maximum absolute atomic E-state index is 5.92. The summed E-state index contributed by atoms with van der Waals surface area (Å²) in [5.41, 5.74) is 7.54. The molecule has 0 aliphatic carbocycles. The highest BCUT2D eigenvalue weighted by atomic mass is 35.5. The van der Waals surface area contributed by atoms with Crippen LogP contribution in [0.2, 0.25) is 5.02 Å². The van der Waals surface area contributed by atoms with Gasteiger partial charge in [-0.2, -0.15) is 0 Å². The van der Waals surface area contributed by atoms with Crippen LogP contribution in [-0.2, 0) is 6.42 Å². The third-order valence-corrected chi connectivity index (χ3v) is 2.76. The summed E-state index contributed by atoms with van der Waals surface area (Å²) in [5, 5.41) is 3.97. The Morgan fingerprint density at radius 3 is 2.89 bits per heavy atom. The second kappa shape index (κ2) is 5.80. The van der Waals surface area contributed by atoms with Gasteiger partial charge in [-0.1, -0.05) is 11.6 Å². The number of aryl methyl sites for hydroxylation is 1. The standard InChI is InChI=1S/C13H15ClN4/c1-9-8-10(14)2-3-11(9)17-13-5-7-16-12(18-13)4-6-15/h2-3,5,7-8H,4,6,15H2,1H3,(H,16,17,18). The second-order valence-electron chi connectivity index (χ2n) is 3.98. The van der Waals surface area contributed by atoms with E-state index in [2.05, 4.69) is 15.3 Å². The molecule has 0 saturated carbocycles. The van der Waals surface area contributed by atoms with Gasteiger partial charge in [0.25, 0.3) is 0 Å². The summed E-state index contributed by atoms with van der Waals surface area (Å²) < 4.78 is 0. The normalized spacial score (nSPS) is 10.4. The summed E-state index contributed by atoms with van der Waals surface area (Å²) in [6, 6.07) is 7.52. The summed E-state index contributed by atoms with van der Waals surface area (Å²) in [5.74, 6) is 1.51. The van der Waals surface area contributed by atoms with E-state index in [0.717, 1.165) is 27.9 Å². The number of anilines is 2. The first-order chi connectivity index (χ1) is 8.69. The molecule has 2 aromatic rings. The topological polar surface area (TPSA) is 63.8 Å². The Bertz CT molecular complexity index is 542. The fourth-order valence-corrected chi connectivity index (χ4v) is 1.85. The molecule has 5 heteroatoms. The lowest BCUT2D eigenvalue weighted by Crippen LogP contribution is -2.07. The molecule has 0 aliphatic rings. The first-order valence-electron chi connectivity index (χ1n) is 5.74. The first-order valence-corrected chi connectivity index (χ1v) is 6.12. The molecule has 0 unspecified atom stereocenters. The van der Waals surface area contributed by atoms with Gasteiger partial charge in [-0.3, -0.25) is 0 Å². The Morgan fingerprint density at radius 2 is 2.17 bits per heavy atom. The van der Waals surface area contributed by atoms with E-state index in [0.29, 0.717) is 13.0 Å². The van der Waals surface area contributed by atoms with Gasteiger partial charge in [-0.05, 0) is 43.3 Å². The van der Waals surface area contributed by atoms with Gasteiger partial charge < -0.3 is 11.1 Å². The molecule has 18 heavy (non-hydrogen) atoms. The Kier molecular flexibility index (Phi) is 4.12. The molecule has 1 aromatic carbocycles. The smallest absolute Gasteiger partial charge is 0.134 e. The molecule has 0 amide bonds. The molecule has 2 rings (SSSR count). The minimum absolute atomic E-state index is 0.545. The highest BCUT2D eigenvalue weighted by molar-refractivity contribution is 6.30. The van der Waals surface area contributed by atoms with Crippen LogP contribution < -0.4 is 11.1 Å². The predicted octanol–water partition coefficient (Wildman–Crippen LogP) is 2.68. The summed E-state index contributed by atoms with van der Waals surface area (Å²) in [6.45, 7) is 2.54. The van der Waals surface area contributed by atoms with Gasteiger partial charge in [0.05, 0.1) is 0 Å².